The average molecular weight is 301 g/mol. The number of rotatable bonds is 3. The summed E-state index contributed by atoms with van der Waals surface area (Å²) in [7, 11) is 0. The monoisotopic (exact) mass is 301 g/mol. The third kappa shape index (κ3) is 3.00. The molecule has 1 aromatic carbocycles. The molecule has 0 bridgehead atoms. The fourth-order valence-corrected chi connectivity index (χ4v) is 2.17. The molecule has 1 aliphatic heterocycles. The van der Waals surface area contributed by atoms with Gasteiger partial charge in [-0.15, -0.1) is 0 Å². The Balaban J connectivity index is 1.67. The van der Waals surface area contributed by atoms with Gasteiger partial charge in [-0.1, -0.05) is 11.2 Å². The number of aromatic nitrogens is 1. The second kappa shape index (κ2) is 5.76. The van der Waals surface area contributed by atoms with Gasteiger partial charge in [-0.25, -0.2) is 9.59 Å². The molecule has 0 saturated carbocycles. The Labute approximate surface area is 126 Å². The summed E-state index contributed by atoms with van der Waals surface area (Å²) in [4.78, 5) is 25.2. The zero-order valence-electron chi connectivity index (χ0n) is 11.9. The number of hydrogen-bond acceptors (Lipinski definition) is 4. The number of benzene rings is 1. The molecule has 0 atom stereocenters. The topological polar surface area (TPSA) is 99.5 Å². The minimum Gasteiger partial charge on any atom is -0.360 e. The van der Waals surface area contributed by atoms with Crippen molar-refractivity contribution in [2.45, 2.75) is 6.92 Å². The van der Waals surface area contributed by atoms with Crippen LogP contribution in [0, 0.1) is 6.92 Å². The van der Waals surface area contributed by atoms with E-state index in [1.807, 2.05) is 6.07 Å². The molecular formula is C14H15N5O3. The van der Waals surface area contributed by atoms with E-state index in [-0.39, 0.29) is 6.03 Å². The highest BCUT2D eigenvalue weighted by Crippen LogP contribution is 2.21. The summed E-state index contributed by atoms with van der Waals surface area (Å²) in [5, 5.41) is 11.7. The lowest BCUT2D eigenvalue weighted by atomic mass is 10.2. The van der Waals surface area contributed by atoms with Crippen LogP contribution in [-0.2, 0) is 0 Å². The van der Waals surface area contributed by atoms with Crippen molar-refractivity contribution in [2.75, 3.05) is 28.6 Å². The number of amides is 4. The molecule has 1 aliphatic rings. The largest absolute Gasteiger partial charge is 0.360 e. The molecule has 0 radical (unpaired) electrons. The molecule has 4 amide bonds. The maximum absolute atomic E-state index is 11.9. The van der Waals surface area contributed by atoms with Crippen LogP contribution in [0.1, 0.15) is 5.76 Å². The van der Waals surface area contributed by atoms with Gasteiger partial charge in [-0.3, -0.25) is 10.2 Å². The van der Waals surface area contributed by atoms with Gasteiger partial charge in [0.25, 0.3) is 0 Å². The number of urea groups is 2. The second-order valence-corrected chi connectivity index (χ2v) is 4.84. The molecule has 114 valence electrons. The van der Waals surface area contributed by atoms with Crippen LogP contribution >= 0.6 is 0 Å². The van der Waals surface area contributed by atoms with Gasteiger partial charge in [0.1, 0.15) is 5.76 Å². The fraction of sp³-hybridized carbons (Fsp3) is 0.214. The number of anilines is 3. The van der Waals surface area contributed by atoms with Crippen LogP contribution < -0.4 is 20.9 Å². The van der Waals surface area contributed by atoms with Crippen LogP contribution in [0.2, 0.25) is 0 Å². The van der Waals surface area contributed by atoms with Crippen molar-refractivity contribution in [3.8, 4) is 0 Å². The van der Waals surface area contributed by atoms with Crippen LogP contribution in [0.25, 0.3) is 0 Å². The molecule has 2 aromatic rings. The minimum absolute atomic E-state index is 0.139. The highest BCUT2D eigenvalue weighted by atomic mass is 16.5. The van der Waals surface area contributed by atoms with Gasteiger partial charge >= 0.3 is 12.1 Å². The van der Waals surface area contributed by atoms with Gasteiger partial charge in [0.15, 0.2) is 5.82 Å². The lowest BCUT2D eigenvalue weighted by molar-refractivity contribution is 0.252. The summed E-state index contributed by atoms with van der Waals surface area (Å²) in [6.45, 7) is 2.95. The predicted octanol–water partition coefficient (Wildman–Crippen LogP) is 2.16. The Hall–Kier alpha value is -3.03. The second-order valence-electron chi connectivity index (χ2n) is 4.84. The van der Waals surface area contributed by atoms with Gasteiger partial charge in [-0.2, -0.15) is 0 Å². The summed E-state index contributed by atoms with van der Waals surface area (Å²) in [5.41, 5.74) is 1.31. The fourth-order valence-electron chi connectivity index (χ4n) is 2.17. The molecule has 8 heteroatoms. The van der Waals surface area contributed by atoms with Crippen molar-refractivity contribution in [3.63, 3.8) is 0 Å². The first-order valence-corrected chi connectivity index (χ1v) is 6.78. The lowest BCUT2D eigenvalue weighted by Gasteiger charge is -2.15. The highest BCUT2D eigenvalue weighted by Gasteiger charge is 2.21. The van der Waals surface area contributed by atoms with E-state index < -0.39 is 6.03 Å². The first kappa shape index (κ1) is 13.9. The molecule has 8 nitrogen and oxygen atoms in total. The van der Waals surface area contributed by atoms with Crippen molar-refractivity contribution in [1.82, 2.24) is 10.5 Å². The maximum atomic E-state index is 11.9. The normalized spacial score (nSPS) is 13.9. The molecule has 1 aromatic heterocycles. The maximum Gasteiger partial charge on any atom is 0.324 e. The van der Waals surface area contributed by atoms with Gasteiger partial charge < -0.3 is 15.2 Å². The summed E-state index contributed by atoms with van der Waals surface area (Å²) in [5.74, 6) is 0.947. The summed E-state index contributed by atoms with van der Waals surface area (Å²) in [6, 6.07) is 8.11. The molecule has 2 heterocycles. The summed E-state index contributed by atoms with van der Waals surface area (Å²) >= 11 is 0. The molecule has 0 aliphatic carbocycles. The van der Waals surface area contributed by atoms with E-state index in [0.29, 0.717) is 30.4 Å². The number of carbonyl (C=O) groups is 2. The van der Waals surface area contributed by atoms with Crippen LogP contribution in [0.3, 0.4) is 0 Å². The van der Waals surface area contributed by atoms with E-state index in [4.69, 9.17) is 4.52 Å². The lowest BCUT2D eigenvalue weighted by Crippen LogP contribution is -2.27. The molecule has 1 saturated heterocycles. The summed E-state index contributed by atoms with van der Waals surface area (Å²) < 4.78 is 4.87. The smallest absolute Gasteiger partial charge is 0.324 e. The van der Waals surface area contributed by atoms with Crippen molar-refractivity contribution < 1.29 is 14.1 Å². The van der Waals surface area contributed by atoms with Gasteiger partial charge in [-0.05, 0) is 25.1 Å². The van der Waals surface area contributed by atoms with E-state index in [1.165, 1.54) is 0 Å². The average Bonchev–Trinajstić information content (AvgIpc) is 3.07. The number of hydrogen-bond donors (Lipinski definition) is 3. The van der Waals surface area contributed by atoms with Gasteiger partial charge in [0.05, 0.1) is 0 Å². The Morgan fingerprint density at radius 2 is 2.23 bits per heavy atom. The van der Waals surface area contributed by atoms with Crippen molar-refractivity contribution in [2.24, 2.45) is 0 Å². The predicted molar refractivity (Wildman–Crippen MR) is 81.1 cm³/mol. The van der Waals surface area contributed by atoms with E-state index in [0.717, 1.165) is 5.69 Å². The minimum atomic E-state index is -0.434. The van der Waals surface area contributed by atoms with Crippen molar-refractivity contribution >= 4 is 29.3 Å². The van der Waals surface area contributed by atoms with Gasteiger partial charge in [0, 0.05) is 30.5 Å². The first-order valence-electron chi connectivity index (χ1n) is 6.78. The van der Waals surface area contributed by atoms with Crippen LogP contribution in [-0.4, -0.2) is 30.3 Å². The SMILES string of the molecule is Cc1cc(NC(=O)Nc2cccc(N3CCNC3=O)c2)no1. The Morgan fingerprint density at radius 1 is 1.36 bits per heavy atom. The molecule has 1 fully saturated rings. The molecule has 0 spiro atoms. The standard InChI is InChI=1S/C14H15N5O3/c1-9-7-12(18-22-9)17-13(20)16-10-3-2-4-11(8-10)19-6-5-15-14(19)21/h2-4,7-8H,5-6H2,1H3,(H,15,21)(H2,16,17,18,20). The van der Waals surface area contributed by atoms with Crippen LogP contribution in [0.15, 0.2) is 34.9 Å². The zero-order valence-corrected chi connectivity index (χ0v) is 11.9. The third-order valence-electron chi connectivity index (χ3n) is 3.14. The quantitative estimate of drug-likeness (QED) is 0.808. The van der Waals surface area contributed by atoms with E-state index in [9.17, 15) is 9.59 Å². The van der Waals surface area contributed by atoms with Crippen LogP contribution in [0.4, 0.5) is 26.8 Å². The third-order valence-corrected chi connectivity index (χ3v) is 3.14. The Bertz CT molecular complexity index is 712. The molecule has 3 rings (SSSR count). The van der Waals surface area contributed by atoms with E-state index >= 15 is 0 Å². The van der Waals surface area contributed by atoms with Crippen molar-refractivity contribution in [1.29, 1.82) is 0 Å². The molecular weight excluding hydrogens is 286 g/mol. The number of aryl methyl sites for hydroxylation is 1. The zero-order chi connectivity index (χ0) is 15.5. The summed E-state index contributed by atoms with van der Waals surface area (Å²) in [6.07, 6.45) is 0. The van der Waals surface area contributed by atoms with Crippen molar-refractivity contribution in [3.05, 3.63) is 36.1 Å². The molecule has 22 heavy (non-hydrogen) atoms. The highest BCUT2D eigenvalue weighted by molar-refractivity contribution is 6.00. The Kier molecular flexibility index (Phi) is 3.65. The van der Waals surface area contributed by atoms with Crippen LogP contribution in [0.5, 0.6) is 0 Å². The number of nitrogens with zero attached hydrogens (tertiary/aromatic N) is 2. The number of nitrogens with one attached hydrogen (secondary N) is 3. The van der Waals surface area contributed by atoms with E-state index in [1.54, 1.807) is 36.1 Å². The first-order chi connectivity index (χ1) is 10.6. The van der Waals surface area contributed by atoms with Gasteiger partial charge in [0.2, 0.25) is 0 Å². The number of carbonyl (C=O) groups excluding carboxylic acids is 2. The van der Waals surface area contributed by atoms with E-state index in [2.05, 4.69) is 21.1 Å². The molecule has 3 N–H and O–H groups in total. The molecule has 0 unspecified atom stereocenters. The Morgan fingerprint density at radius 3 is 2.91 bits per heavy atom.